The van der Waals surface area contributed by atoms with Crippen LogP contribution >= 0.6 is 23.6 Å². The predicted molar refractivity (Wildman–Crippen MR) is 82.3 cm³/mol. The molecule has 1 aliphatic carbocycles. The van der Waals surface area contributed by atoms with E-state index < -0.39 is 5.91 Å². The number of carbonyl (C=O) groups is 2. The van der Waals surface area contributed by atoms with Gasteiger partial charge in [-0.25, -0.2) is 4.79 Å². The van der Waals surface area contributed by atoms with E-state index in [1.807, 2.05) is 0 Å². The molecule has 0 unspecified atom stereocenters. The average Bonchev–Trinajstić information content (AvgIpc) is 2.76. The van der Waals surface area contributed by atoms with E-state index in [0.29, 0.717) is 17.2 Å². The highest BCUT2D eigenvalue weighted by Crippen LogP contribution is 2.38. The van der Waals surface area contributed by atoms with E-state index in [4.69, 9.17) is 22.7 Å². The van der Waals surface area contributed by atoms with Gasteiger partial charge in [0.2, 0.25) is 0 Å². The quantitative estimate of drug-likeness (QED) is 0.659. The third-order valence-corrected chi connectivity index (χ3v) is 4.61. The summed E-state index contributed by atoms with van der Waals surface area (Å²) in [7, 11) is 0. The molecule has 1 amide bonds. The van der Waals surface area contributed by atoms with Gasteiger partial charge in [-0.3, -0.25) is 4.79 Å². The molecule has 108 valence electrons. The second-order valence-corrected chi connectivity index (χ2v) is 5.97. The molecule has 0 spiro atoms. The molecule has 0 aromatic carbocycles. The first kappa shape index (κ1) is 14.9. The molecule has 0 fully saturated rings. The van der Waals surface area contributed by atoms with E-state index >= 15 is 0 Å². The first-order chi connectivity index (χ1) is 9.54. The van der Waals surface area contributed by atoms with Gasteiger partial charge in [0.25, 0.3) is 5.91 Å². The molecule has 0 atom stereocenters. The maximum atomic E-state index is 12.1. The number of hydrogen-bond acceptors (Lipinski definition) is 5. The van der Waals surface area contributed by atoms with Crippen LogP contribution in [-0.4, -0.2) is 23.5 Å². The molecular formula is C13H16N2O3S2. The maximum absolute atomic E-state index is 12.1. The summed E-state index contributed by atoms with van der Waals surface area (Å²) in [4.78, 5) is 24.3. The fourth-order valence-electron chi connectivity index (χ4n) is 2.24. The van der Waals surface area contributed by atoms with Gasteiger partial charge in [0, 0.05) is 4.88 Å². The summed E-state index contributed by atoms with van der Waals surface area (Å²) in [5, 5.41) is 3.35. The van der Waals surface area contributed by atoms with Crippen LogP contribution in [0.1, 0.15) is 40.6 Å². The average molecular weight is 312 g/mol. The van der Waals surface area contributed by atoms with Gasteiger partial charge in [-0.05, 0) is 38.2 Å². The Labute approximate surface area is 126 Å². The minimum atomic E-state index is -0.707. The lowest BCUT2D eigenvalue weighted by atomic mass is 9.95. The summed E-state index contributed by atoms with van der Waals surface area (Å²) in [5.74, 6) is -1.08. The largest absolute Gasteiger partial charge is 0.462 e. The van der Waals surface area contributed by atoms with Crippen LogP contribution in [0.2, 0.25) is 0 Å². The van der Waals surface area contributed by atoms with Gasteiger partial charge in [0.05, 0.1) is 12.2 Å². The van der Waals surface area contributed by atoms with Gasteiger partial charge in [0.1, 0.15) is 5.00 Å². The van der Waals surface area contributed by atoms with Crippen molar-refractivity contribution in [3.63, 3.8) is 0 Å². The van der Waals surface area contributed by atoms with Crippen molar-refractivity contribution in [1.82, 2.24) is 0 Å². The first-order valence-electron chi connectivity index (χ1n) is 6.47. The number of nitrogens with one attached hydrogen (secondary N) is 1. The lowest BCUT2D eigenvalue weighted by Gasteiger charge is -2.12. The molecule has 1 aliphatic rings. The summed E-state index contributed by atoms with van der Waals surface area (Å²) >= 11 is 6.33. The van der Waals surface area contributed by atoms with E-state index in [1.54, 1.807) is 6.92 Å². The van der Waals surface area contributed by atoms with Crippen LogP contribution in [0, 0.1) is 0 Å². The van der Waals surface area contributed by atoms with E-state index in [-0.39, 0.29) is 11.0 Å². The zero-order valence-electron chi connectivity index (χ0n) is 11.2. The minimum absolute atomic E-state index is 0.0888. The fraction of sp³-hybridized carbons (Fsp3) is 0.462. The van der Waals surface area contributed by atoms with E-state index in [0.717, 1.165) is 36.1 Å². The third-order valence-electron chi connectivity index (χ3n) is 3.10. The Morgan fingerprint density at radius 3 is 2.75 bits per heavy atom. The number of thiophene rings is 1. The summed E-state index contributed by atoms with van der Waals surface area (Å²) in [6, 6.07) is 0. The number of nitrogens with two attached hydrogens (primary N) is 1. The number of carbonyl (C=O) groups excluding carboxylic acids is 2. The van der Waals surface area contributed by atoms with Crippen molar-refractivity contribution < 1.29 is 14.3 Å². The molecule has 0 aliphatic heterocycles. The Morgan fingerprint density at radius 2 is 2.10 bits per heavy atom. The normalized spacial score (nSPS) is 13.4. The van der Waals surface area contributed by atoms with Crippen molar-refractivity contribution >= 4 is 45.4 Å². The second-order valence-electron chi connectivity index (χ2n) is 4.45. The third kappa shape index (κ3) is 2.99. The minimum Gasteiger partial charge on any atom is -0.462 e. The zero-order valence-corrected chi connectivity index (χ0v) is 12.8. The number of amides is 1. The maximum Gasteiger partial charge on any atom is 0.341 e. The van der Waals surface area contributed by atoms with E-state index in [9.17, 15) is 9.59 Å². The van der Waals surface area contributed by atoms with E-state index in [1.165, 1.54) is 11.3 Å². The van der Waals surface area contributed by atoms with Gasteiger partial charge >= 0.3 is 5.97 Å². The number of anilines is 1. The molecule has 1 aromatic heterocycles. The van der Waals surface area contributed by atoms with Crippen molar-refractivity contribution in [3.05, 3.63) is 16.0 Å². The molecule has 2 rings (SSSR count). The van der Waals surface area contributed by atoms with Crippen LogP contribution in [0.5, 0.6) is 0 Å². The number of hydrogen-bond donors (Lipinski definition) is 2. The molecule has 0 bridgehead atoms. The smallest absolute Gasteiger partial charge is 0.341 e. The van der Waals surface area contributed by atoms with Crippen LogP contribution in [0.3, 0.4) is 0 Å². The molecular weight excluding hydrogens is 296 g/mol. The highest BCUT2D eigenvalue weighted by molar-refractivity contribution is 7.82. The van der Waals surface area contributed by atoms with Gasteiger partial charge in [-0.15, -0.1) is 11.3 Å². The standard InChI is InChI=1S/C13H16N2O3S2/c1-2-18-13(17)9-7-5-3-4-6-8(7)20-12(9)15-11(19)10(14)16/h2-6H2,1H3,(H2,14,16)(H,15,19). The number of primary amides is 1. The number of rotatable bonds is 3. The Hall–Kier alpha value is -1.47. The number of aryl methyl sites for hydroxylation is 1. The molecule has 7 heteroatoms. The van der Waals surface area contributed by atoms with Gasteiger partial charge in [-0.1, -0.05) is 12.2 Å². The summed E-state index contributed by atoms with van der Waals surface area (Å²) in [5.41, 5.74) is 6.67. The Kier molecular flexibility index (Phi) is 4.72. The van der Waals surface area contributed by atoms with Gasteiger partial charge in [0.15, 0.2) is 4.99 Å². The van der Waals surface area contributed by atoms with Crippen molar-refractivity contribution in [2.24, 2.45) is 5.73 Å². The number of esters is 1. The summed E-state index contributed by atoms with van der Waals surface area (Å²) in [6.07, 6.45) is 3.95. The zero-order chi connectivity index (χ0) is 14.7. The fourth-order valence-corrected chi connectivity index (χ4v) is 3.69. The van der Waals surface area contributed by atoms with Crippen molar-refractivity contribution in [2.45, 2.75) is 32.6 Å². The lowest BCUT2D eigenvalue weighted by molar-refractivity contribution is -0.111. The molecule has 0 radical (unpaired) electrons. The topological polar surface area (TPSA) is 81.4 Å². The predicted octanol–water partition coefficient (Wildman–Crippen LogP) is 2.03. The summed E-state index contributed by atoms with van der Waals surface area (Å²) in [6.45, 7) is 2.07. The summed E-state index contributed by atoms with van der Waals surface area (Å²) < 4.78 is 5.10. The molecule has 1 heterocycles. The second kappa shape index (κ2) is 6.32. The van der Waals surface area contributed by atoms with Crippen molar-refractivity contribution in [3.8, 4) is 0 Å². The number of ether oxygens (including phenoxy) is 1. The Balaban J connectivity index is 2.39. The molecule has 3 N–H and O–H groups in total. The number of fused-ring (bicyclic) bond motifs is 1. The Morgan fingerprint density at radius 1 is 1.40 bits per heavy atom. The van der Waals surface area contributed by atoms with Crippen molar-refractivity contribution in [1.29, 1.82) is 0 Å². The van der Waals surface area contributed by atoms with Crippen LogP contribution in [0.4, 0.5) is 5.00 Å². The SMILES string of the molecule is CCOC(=O)c1c(NC(=S)C(N)=O)sc2c1CCCC2. The van der Waals surface area contributed by atoms with Crippen molar-refractivity contribution in [2.75, 3.05) is 11.9 Å². The lowest BCUT2D eigenvalue weighted by Crippen LogP contribution is -2.28. The van der Waals surface area contributed by atoms with Gasteiger partial charge in [-0.2, -0.15) is 0 Å². The molecule has 20 heavy (non-hydrogen) atoms. The molecule has 0 saturated carbocycles. The molecule has 1 aromatic rings. The highest BCUT2D eigenvalue weighted by atomic mass is 32.1. The van der Waals surface area contributed by atoms with E-state index in [2.05, 4.69) is 5.32 Å². The first-order valence-corrected chi connectivity index (χ1v) is 7.69. The van der Waals surface area contributed by atoms with Crippen LogP contribution in [0.25, 0.3) is 0 Å². The number of thiocarbonyl (C=S) groups is 1. The monoisotopic (exact) mass is 312 g/mol. The van der Waals surface area contributed by atoms with Gasteiger partial charge < -0.3 is 15.8 Å². The molecule has 0 saturated heterocycles. The van der Waals surface area contributed by atoms with Crippen LogP contribution < -0.4 is 11.1 Å². The molecule has 5 nitrogen and oxygen atoms in total. The van der Waals surface area contributed by atoms with Crippen LogP contribution in [0.15, 0.2) is 0 Å². The van der Waals surface area contributed by atoms with Crippen LogP contribution in [-0.2, 0) is 22.4 Å². The highest BCUT2D eigenvalue weighted by Gasteiger charge is 2.27. The Bertz CT molecular complexity index is 566.